The van der Waals surface area contributed by atoms with Gasteiger partial charge in [0.15, 0.2) is 0 Å². The van der Waals surface area contributed by atoms with Crippen molar-refractivity contribution in [1.29, 1.82) is 0 Å². The Hall–Kier alpha value is -7.68. The van der Waals surface area contributed by atoms with Gasteiger partial charge < -0.3 is 9.47 Å². The van der Waals surface area contributed by atoms with Crippen LogP contribution >= 0.6 is 0 Å². The summed E-state index contributed by atoms with van der Waals surface area (Å²) >= 11 is 0. The van der Waals surface area contributed by atoms with Crippen molar-refractivity contribution in [2.45, 2.75) is 0 Å². The zero-order valence-corrected chi connectivity index (χ0v) is 31.8. The molecule has 272 valence electrons. The molecule has 11 rings (SSSR count). The normalized spacial score (nSPS) is 11.4. The van der Waals surface area contributed by atoms with Gasteiger partial charge in [-0.3, -0.25) is 0 Å². The minimum atomic E-state index is 1.09. The van der Waals surface area contributed by atoms with Crippen molar-refractivity contribution >= 4 is 60.4 Å². The average molecular weight is 739 g/mol. The molecule has 0 bridgehead atoms. The summed E-state index contributed by atoms with van der Waals surface area (Å²) in [7, 11) is 0. The summed E-state index contributed by atoms with van der Waals surface area (Å²) in [6.07, 6.45) is 0. The van der Waals surface area contributed by atoms with E-state index >= 15 is 0 Å². The van der Waals surface area contributed by atoms with Gasteiger partial charge in [0.2, 0.25) is 0 Å². The molecule has 0 radical (unpaired) electrons. The van der Waals surface area contributed by atoms with Crippen LogP contribution < -0.4 is 4.90 Å². The Labute approximate surface area is 338 Å². The molecule has 0 atom stereocenters. The van der Waals surface area contributed by atoms with Crippen molar-refractivity contribution < 1.29 is 0 Å². The summed E-state index contributed by atoms with van der Waals surface area (Å²) < 4.78 is 2.45. The van der Waals surface area contributed by atoms with E-state index in [1.807, 2.05) is 0 Å². The second-order valence-electron chi connectivity index (χ2n) is 14.9. The second-order valence-corrected chi connectivity index (χ2v) is 14.9. The van der Waals surface area contributed by atoms with Crippen LogP contribution in [-0.4, -0.2) is 4.57 Å². The van der Waals surface area contributed by atoms with Crippen molar-refractivity contribution in [3.8, 4) is 39.1 Å². The lowest BCUT2D eigenvalue weighted by Crippen LogP contribution is -2.12. The zero-order valence-electron chi connectivity index (χ0n) is 31.8. The van der Waals surface area contributed by atoms with Crippen LogP contribution in [0.15, 0.2) is 231 Å². The summed E-state index contributed by atoms with van der Waals surface area (Å²) in [6.45, 7) is 0. The highest BCUT2D eigenvalue weighted by molar-refractivity contribution is 6.17. The molecule has 0 N–H and O–H groups in total. The van der Waals surface area contributed by atoms with Crippen molar-refractivity contribution in [2.75, 3.05) is 4.90 Å². The van der Waals surface area contributed by atoms with Crippen LogP contribution in [0.4, 0.5) is 17.1 Å². The zero-order chi connectivity index (χ0) is 38.4. The third-order valence-corrected chi connectivity index (χ3v) is 11.6. The van der Waals surface area contributed by atoms with E-state index in [0.29, 0.717) is 0 Å². The Morgan fingerprint density at radius 2 is 0.862 bits per heavy atom. The number of hydrogen-bond acceptors (Lipinski definition) is 1. The summed E-state index contributed by atoms with van der Waals surface area (Å²) in [4.78, 5) is 2.46. The maximum Gasteiger partial charge on any atom is 0.0547 e. The highest BCUT2D eigenvalue weighted by Gasteiger charge is 2.23. The molecule has 1 heterocycles. The second kappa shape index (κ2) is 14.1. The van der Waals surface area contributed by atoms with Gasteiger partial charge in [-0.2, -0.15) is 0 Å². The summed E-state index contributed by atoms with van der Waals surface area (Å²) in [5.41, 5.74) is 13.9. The van der Waals surface area contributed by atoms with Crippen LogP contribution in [0.5, 0.6) is 0 Å². The molecule has 0 unspecified atom stereocenters. The highest BCUT2D eigenvalue weighted by Crippen LogP contribution is 2.48. The van der Waals surface area contributed by atoms with Gasteiger partial charge in [-0.25, -0.2) is 0 Å². The lowest BCUT2D eigenvalue weighted by molar-refractivity contribution is 1.20. The molecule has 0 fully saturated rings. The third kappa shape index (κ3) is 5.66. The van der Waals surface area contributed by atoms with E-state index in [1.165, 1.54) is 76.9 Å². The van der Waals surface area contributed by atoms with Crippen LogP contribution in [0, 0.1) is 0 Å². The minimum absolute atomic E-state index is 1.09. The first-order valence-corrected chi connectivity index (χ1v) is 19.9. The molecule has 0 amide bonds. The fourth-order valence-corrected chi connectivity index (χ4v) is 8.91. The molecule has 10 aromatic carbocycles. The SMILES string of the molecule is c1ccc(-c2ccc(N(c3ccccc3-c3ccc4ccccc4c3)c3ccccc3-c3cccc4c3c3ccccc3n4-c3cccc4ccccc34)cc2)cc1. The highest BCUT2D eigenvalue weighted by atomic mass is 15.1. The number of benzene rings is 10. The smallest absolute Gasteiger partial charge is 0.0547 e. The number of hydrogen-bond donors (Lipinski definition) is 0. The van der Waals surface area contributed by atoms with Crippen LogP contribution in [-0.2, 0) is 0 Å². The van der Waals surface area contributed by atoms with Crippen LogP contribution in [0.1, 0.15) is 0 Å². The standard InChI is InChI=1S/C56H38N2/c1-2-16-39(17-3-1)41-34-36-45(37-35-41)57(51-27-11-8-23-47(51)44-33-32-40-18-4-5-20-43(40)38-44)53-28-12-9-24-48(53)49-26-15-31-55-56(49)50-25-10-13-29-54(50)58(55)52-30-14-21-42-19-6-7-22-46(42)52/h1-38H. The first-order valence-electron chi connectivity index (χ1n) is 19.9. The topological polar surface area (TPSA) is 8.17 Å². The van der Waals surface area contributed by atoms with E-state index in [2.05, 4.69) is 240 Å². The lowest BCUT2D eigenvalue weighted by atomic mass is 9.95. The van der Waals surface area contributed by atoms with E-state index in [1.54, 1.807) is 0 Å². The van der Waals surface area contributed by atoms with Gasteiger partial charge in [0.1, 0.15) is 0 Å². The molecule has 0 saturated heterocycles. The molecule has 2 nitrogen and oxygen atoms in total. The summed E-state index contributed by atoms with van der Waals surface area (Å²) in [5.74, 6) is 0. The number of fused-ring (bicyclic) bond motifs is 5. The fraction of sp³-hybridized carbons (Fsp3) is 0. The van der Waals surface area contributed by atoms with E-state index in [9.17, 15) is 0 Å². The summed E-state index contributed by atoms with van der Waals surface area (Å²) in [6, 6.07) is 83.8. The molecule has 0 aliphatic rings. The van der Waals surface area contributed by atoms with E-state index < -0.39 is 0 Å². The summed E-state index contributed by atoms with van der Waals surface area (Å²) in [5, 5.41) is 7.38. The van der Waals surface area contributed by atoms with Crippen molar-refractivity contribution in [3.63, 3.8) is 0 Å². The number of rotatable bonds is 7. The molecule has 0 spiro atoms. The molecular weight excluding hydrogens is 701 g/mol. The predicted octanol–water partition coefficient (Wildman–Crippen LogP) is 15.6. The first kappa shape index (κ1) is 33.6. The Kier molecular flexibility index (Phi) is 8.19. The van der Waals surface area contributed by atoms with Crippen LogP contribution in [0.25, 0.3) is 82.4 Å². The number of anilines is 3. The van der Waals surface area contributed by atoms with E-state index in [4.69, 9.17) is 0 Å². The molecule has 1 aromatic heterocycles. The van der Waals surface area contributed by atoms with Gasteiger partial charge >= 0.3 is 0 Å². The van der Waals surface area contributed by atoms with E-state index in [0.717, 1.165) is 22.6 Å². The van der Waals surface area contributed by atoms with Crippen LogP contribution in [0.2, 0.25) is 0 Å². The first-order chi connectivity index (χ1) is 28.8. The number of aromatic nitrogens is 1. The fourth-order valence-electron chi connectivity index (χ4n) is 8.91. The maximum absolute atomic E-state index is 2.46. The molecule has 0 aliphatic carbocycles. The third-order valence-electron chi connectivity index (χ3n) is 11.6. The average Bonchev–Trinajstić information content (AvgIpc) is 3.64. The molecular formula is C56H38N2. The molecule has 0 aliphatic heterocycles. The molecule has 11 aromatic rings. The van der Waals surface area contributed by atoms with Crippen molar-refractivity contribution in [1.82, 2.24) is 4.57 Å². The molecule has 0 saturated carbocycles. The predicted molar refractivity (Wildman–Crippen MR) is 247 cm³/mol. The minimum Gasteiger partial charge on any atom is -0.309 e. The van der Waals surface area contributed by atoms with Gasteiger partial charge in [-0.1, -0.05) is 182 Å². The van der Waals surface area contributed by atoms with Gasteiger partial charge in [-0.15, -0.1) is 0 Å². The van der Waals surface area contributed by atoms with Gasteiger partial charge in [-0.05, 0) is 86.9 Å². The monoisotopic (exact) mass is 738 g/mol. The quantitative estimate of drug-likeness (QED) is 0.158. The van der Waals surface area contributed by atoms with Gasteiger partial charge in [0.05, 0.1) is 28.1 Å². The molecule has 58 heavy (non-hydrogen) atoms. The number of nitrogens with zero attached hydrogens (tertiary/aromatic N) is 2. The largest absolute Gasteiger partial charge is 0.309 e. The Morgan fingerprint density at radius 3 is 1.69 bits per heavy atom. The van der Waals surface area contributed by atoms with Crippen molar-refractivity contribution in [2.24, 2.45) is 0 Å². The van der Waals surface area contributed by atoms with Crippen LogP contribution in [0.3, 0.4) is 0 Å². The number of para-hydroxylation sites is 3. The Morgan fingerprint density at radius 1 is 0.310 bits per heavy atom. The Bertz CT molecular complexity index is 3280. The Balaban J connectivity index is 1.16. The molecule has 2 heteroatoms. The lowest BCUT2D eigenvalue weighted by Gasteiger charge is -2.30. The van der Waals surface area contributed by atoms with Gasteiger partial charge in [0, 0.05) is 33.0 Å². The van der Waals surface area contributed by atoms with Crippen molar-refractivity contribution in [3.05, 3.63) is 231 Å². The maximum atomic E-state index is 2.46. The van der Waals surface area contributed by atoms with Gasteiger partial charge in [0.25, 0.3) is 0 Å². The van der Waals surface area contributed by atoms with E-state index in [-0.39, 0.29) is 0 Å².